The molecule has 4 N–H and O–H groups in total. The van der Waals surface area contributed by atoms with Crippen molar-refractivity contribution in [3.63, 3.8) is 0 Å². The van der Waals surface area contributed by atoms with Crippen molar-refractivity contribution in [2.75, 3.05) is 23.5 Å². The zero-order valence-electron chi connectivity index (χ0n) is 19.3. The fourth-order valence-corrected chi connectivity index (χ4v) is 4.16. The summed E-state index contributed by atoms with van der Waals surface area (Å²) < 4.78 is 19.9. The summed E-state index contributed by atoms with van der Waals surface area (Å²) in [6.07, 6.45) is 2.89. The number of aryl methyl sites for hydroxylation is 1. The Morgan fingerprint density at radius 2 is 1.89 bits per heavy atom. The van der Waals surface area contributed by atoms with E-state index in [2.05, 4.69) is 25.6 Å². The molecule has 8 nitrogen and oxygen atoms in total. The van der Waals surface area contributed by atoms with E-state index in [0.717, 1.165) is 5.56 Å². The van der Waals surface area contributed by atoms with Crippen LogP contribution in [0.25, 0.3) is 21.7 Å². The molecule has 0 aliphatic carbocycles. The number of amides is 1. The van der Waals surface area contributed by atoms with Gasteiger partial charge in [-0.3, -0.25) is 4.79 Å². The molecule has 0 unspecified atom stereocenters. The number of aromatic nitrogens is 3. The van der Waals surface area contributed by atoms with Crippen LogP contribution in [-0.2, 0) is 0 Å². The van der Waals surface area contributed by atoms with Gasteiger partial charge in [-0.1, -0.05) is 29.8 Å². The van der Waals surface area contributed by atoms with Gasteiger partial charge >= 0.3 is 0 Å². The molecule has 5 rings (SSSR count). The smallest absolute Gasteiger partial charge is 0.258 e. The number of nitrogens with zero attached hydrogens (tertiary/aromatic N) is 3. The Labute approximate surface area is 210 Å². The number of carbonyl (C=O) groups is 1. The summed E-state index contributed by atoms with van der Waals surface area (Å²) in [7, 11) is 1.50. The van der Waals surface area contributed by atoms with E-state index in [0.29, 0.717) is 38.9 Å². The Balaban J connectivity index is 1.58. The highest BCUT2D eigenvalue weighted by Crippen LogP contribution is 2.34. The summed E-state index contributed by atoms with van der Waals surface area (Å²) in [6.45, 7) is 1.88. The average molecular weight is 503 g/mol. The van der Waals surface area contributed by atoms with Crippen LogP contribution in [0.3, 0.4) is 0 Å². The van der Waals surface area contributed by atoms with Crippen LogP contribution in [0.1, 0.15) is 15.9 Å². The van der Waals surface area contributed by atoms with Gasteiger partial charge in [0, 0.05) is 22.4 Å². The molecule has 0 fully saturated rings. The van der Waals surface area contributed by atoms with Crippen LogP contribution < -0.4 is 21.1 Å². The van der Waals surface area contributed by atoms with Gasteiger partial charge in [0.1, 0.15) is 23.7 Å². The van der Waals surface area contributed by atoms with Crippen molar-refractivity contribution >= 4 is 62.2 Å². The second kappa shape index (κ2) is 9.27. The van der Waals surface area contributed by atoms with E-state index in [1.807, 2.05) is 19.1 Å². The maximum atomic E-state index is 14.5. The average Bonchev–Trinajstić information content (AvgIpc) is 2.88. The standard InChI is InChI=1S/C26H20ClFN6O2/c1-13-6-7-16-15(8-9-30-25(16)33-20-5-3-4-19(27)21(20)28)22(13)34-26(35)18-11-14(36-2)10-17-23(18)31-12-32-24(17)29/h3-12H,1-2H3,(H,30,33)(H,34,35)(H2,29,31,32). The predicted molar refractivity (Wildman–Crippen MR) is 140 cm³/mol. The highest BCUT2D eigenvalue weighted by molar-refractivity contribution is 6.31. The van der Waals surface area contributed by atoms with Crippen LogP contribution in [0.15, 0.2) is 61.1 Å². The normalized spacial score (nSPS) is 11.0. The van der Waals surface area contributed by atoms with Gasteiger partial charge in [-0.15, -0.1) is 0 Å². The van der Waals surface area contributed by atoms with Gasteiger partial charge in [-0.2, -0.15) is 0 Å². The first-order valence-corrected chi connectivity index (χ1v) is 11.2. The number of rotatable bonds is 5. The zero-order valence-corrected chi connectivity index (χ0v) is 20.0. The Morgan fingerprint density at radius 3 is 2.69 bits per heavy atom. The molecule has 0 spiro atoms. The van der Waals surface area contributed by atoms with Crippen molar-refractivity contribution in [2.45, 2.75) is 6.92 Å². The Kier molecular flexibility index (Phi) is 5.99. The molecule has 0 saturated carbocycles. The van der Waals surface area contributed by atoms with Crippen molar-refractivity contribution in [3.8, 4) is 5.75 Å². The number of methoxy groups -OCH3 is 1. The van der Waals surface area contributed by atoms with Gasteiger partial charge in [-0.05, 0) is 42.8 Å². The number of pyridine rings is 1. The Hall–Kier alpha value is -4.50. The third kappa shape index (κ3) is 4.09. The van der Waals surface area contributed by atoms with E-state index >= 15 is 0 Å². The molecule has 0 saturated heterocycles. The zero-order chi connectivity index (χ0) is 25.4. The van der Waals surface area contributed by atoms with Crippen LogP contribution in [0.5, 0.6) is 5.75 Å². The lowest BCUT2D eigenvalue weighted by molar-refractivity contribution is 0.102. The number of hydrogen-bond donors (Lipinski definition) is 3. The molecule has 10 heteroatoms. The van der Waals surface area contributed by atoms with Crippen LogP contribution in [-0.4, -0.2) is 28.0 Å². The maximum Gasteiger partial charge on any atom is 0.258 e. The number of anilines is 4. The Morgan fingerprint density at radius 1 is 1.06 bits per heavy atom. The SMILES string of the molecule is COc1cc(C(=O)Nc2c(C)ccc3c(Nc4cccc(Cl)c4F)nccc23)c2ncnc(N)c2c1. The van der Waals surface area contributed by atoms with Gasteiger partial charge in [0.15, 0.2) is 5.82 Å². The third-order valence-electron chi connectivity index (χ3n) is 5.82. The summed E-state index contributed by atoms with van der Waals surface area (Å²) in [5, 5.41) is 7.90. The van der Waals surface area contributed by atoms with E-state index in [1.165, 1.54) is 19.5 Å². The summed E-state index contributed by atoms with van der Waals surface area (Å²) in [6, 6.07) is 13.4. The van der Waals surface area contributed by atoms with E-state index in [4.69, 9.17) is 22.1 Å². The van der Waals surface area contributed by atoms with Crippen LogP contribution in [0, 0.1) is 12.7 Å². The van der Waals surface area contributed by atoms with Crippen LogP contribution >= 0.6 is 11.6 Å². The molecule has 2 heterocycles. The minimum Gasteiger partial charge on any atom is -0.497 e. The molecule has 0 bridgehead atoms. The molecule has 180 valence electrons. The molecule has 0 aliphatic heterocycles. The molecular weight excluding hydrogens is 483 g/mol. The van der Waals surface area contributed by atoms with E-state index in [9.17, 15) is 9.18 Å². The minimum atomic E-state index is -0.579. The maximum absolute atomic E-state index is 14.5. The van der Waals surface area contributed by atoms with Gasteiger partial charge in [0.05, 0.1) is 34.6 Å². The van der Waals surface area contributed by atoms with Gasteiger partial charge in [0.2, 0.25) is 0 Å². The third-order valence-corrected chi connectivity index (χ3v) is 6.11. The van der Waals surface area contributed by atoms with E-state index < -0.39 is 11.7 Å². The number of halogens is 2. The van der Waals surface area contributed by atoms with Crippen LogP contribution in [0.4, 0.5) is 27.4 Å². The molecule has 2 aromatic heterocycles. The second-order valence-corrected chi connectivity index (χ2v) is 8.43. The van der Waals surface area contributed by atoms with Crippen molar-refractivity contribution in [2.24, 2.45) is 0 Å². The number of fused-ring (bicyclic) bond motifs is 2. The first kappa shape index (κ1) is 23.3. The number of ether oxygens (including phenoxy) is 1. The second-order valence-electron chi connectivity index (χ2n) is 8.02. The molecule has 0 radical (unpaired) electrons. The van der Waals surface area contributed by atoms with E-state index in [-0.39, 0.29) is 22.1 Å². The van der Waals surface area contributed by atoms with Gasteiger partial charge < -0.3 is 21.1 Å². The number of nitrogens with two attached hydrogens (primary N) is 1. The van der Waals surface area contributed by atoms with E-state index in [1.54, 1.807) is 36.5 Å². The first-order chi connectivity index (χ1) is 17.4. The summed E-state index contributed by atoms with van der Waals surface area (Å²) in [4.78, 5) is 26.1. The highest BCUT2D eigenvalue weighted by Gasteiger charge is 2.19. The molecule has 0 atom stereocenters. The predicted octanol–water partition coefficient (Wildman–Crippen LogP) is 5.87. The lowest BCUT2D eigenvalue weighted by atomic mass is 10.0. The summed E-state index contributed by atoms with van der Waals surface area (Å²) in [5.74, 6) is 0.119. The summed E-state index contributed by atoms with van der Waals surface area (Å²) >= 11 is 5.92. The molecule has 1 amide bonds. The summed E-state index contributed by atoms with van der Waals surface area (Å²) in [5.41, 5.74) is 8.28. The molecule has 5 aromatic rings. The number of carbonyl (C=O) groups excluding carboxylic acids is 1. The number of benzene rings is 3. The number of hydrogen-bond acceptors (Lipinski definition) is 7. The van der Waals surface area contributed by atoms with Gasteiger partial charge in [0.25, 0.3) is 5.91 Å². The highest BCUT2D eigenvalue weighted by atomic mass is 35.5. The monoisotopic (exact) mass is 502 g/mol. The first-order valence-electron chi connectivity index (χ1n) is 10.9. The van der Waals surface area contributed by atoms with Gasteiger partial charge in [-0.25, -0.2) is 19.3 Å². The molecule has 0 aliphatic rings. The largest absolute Gasteiger partial charge is 0.497 e. The molecular formula is C26H20ClFN6O2. The number of nitrogen functional groups attached to an aromatic ring is 1. The fourth-order valence-electron chi connectivity index (χ4n) is 3.99. The number of nitrogens with one attached hydrogen (secondary N) is 2. The Bertz CT molecular complexity index is 1660. The van der Waals surface area contributed by atoms with Crippen LogP contribution in [0.2, 0.25) is 5.02 Å². The quantitative estimate of drug-likeness (QED) is 0.275. The molecule has 36 heavy (non-hydrogen) atoms. The van der Waals surface area contributed by atoms with Crippen molar-refractivity contribution in [3.05, 3.63) is 83.0 Å². The lowest BCUT2D eigenvalue weighted by Crippen LogP contribution is -2.15. The fraction of sp³-hybridized carbons (Fsp3) is 0.0769. The van der Waals surface area contributed by atoms with Crippen molar-refractivity contribution < 1.29 is 13.9 Å². The van der Waals surface area contributed by atoms with Crippen molar-refractivity contribution in [1.29, 1.82) is 0 Å². The minimum absolute atomic E-state index is 0.000930. The molecule has 3 aromatic carbocycles. The topological polar surface area (TPSA) is 115 Å². The lowest BCUT2D eigenvalue weighted by Gasteiger charge is -2.16. The van der Waals surface area contributed by atoms with Crippen molar-refractivity contribution in [1.82, 2.24) is 15.0 Å².